The summed E-state index contributed by atoms with van der Waals surface area (Å²) in [6.45, 7) is 2.13. The molecule has 6 heteroatoms. The monoisotopic (exact) mass is 171 g/mol. The molecule has 1 aromatic rings. The van der Waals surface area contributed by atoms with Gasteiger partial charge in [0.25, 0.3) is 0 Å². The van der Waals surface area contributed by atoms with Gasteiger partial charge in [0.05, 0.1) is 6.20 Å². The van der Waals surface area contributed by atoms with Gasteiger partial charge in [-0.3, -0.25) is 0 Å². The molecule has 0 bridgehead atoms. The molecule has 0 radical (unpaired) electrons. The van der Waals surface area contributed by atoms with Crippen LogP contribution in [0.25, 0.3) is 0 Å². The number of rotatable bonds is 3. The van der Waals surface area contributed by atoms with Crippen LogP contribution in [0.15, 0.2) is 6.20 Å². The molecule has 0 aliphatic heterocycles. The number of nitrogens with zero attached hydrogens (tertiary/aromatic N) is 2. The lowest BCUT2D eigenvalue weighted by molar-refractivity contribution is 0.0694. The number of nitrogen functional groups attached to an aromatic ring is 1. The zero-order valence-corrected chi connectivity index (χ0v) is 6.52. The average Bonchev–Trinajstić information content (AvgIpc) is 2.34. The lowest BCUT2D eigenvalue weighted by Gasteiger charge is -2.02. The van der Waals surface area contributed by atoms with E-state index >= 15 is 0 Å². The third-order valence-corrected chi connectivity index (χ3v) is 1.26. The van der Waals surface area contributed by atoms with E-state index in [0.717, 1.165) is 11.0 Å². The van der Waals surface area contributed by atoms with E-state index in [-0.39, 0.29) is 11.4 Å². The van der Waals surface area contributed by atoms with Crippen LogP contribution in [0.5, 0.6) is 0 Å². The van der Waals surface area contributed by atoms with E-state index in [1.54, 1.807) is 6.92 Å². The number of nitrogens with two attached hydrogens (primary N) is 1. The van der Waals surface area contributed by atoms with Crippen molar-refractivity contribution < 1.29 is 14.7 Å². The normalized spacial score (nSPS) is 9.75. The van der Waals surface area contributed by atoms with Crippen molar-refractivity contribution in [2.75, 3.05) is 12.3 Å². The summed E-state index contributed by atoms with van der Waals surface area (Å²) >= 11 is 0. The molecule has 1 heterocycles. The summed E-state index contributed by atoms with van der Waals surface area (Å²) in [5.41, 5.74) is 5.33. The molecule has 0 fully saturated rings. The highest BCUT2D eigenvalue weighted by Gasteiger charge is 2.13. The Kier molecular flexibility index (Phi) is 2.18. The summed E-state index contributed by atoms with van der Waals surface area (Å²) in [5.74, 6) is -1.11. The van der Waals surface area contributed by atoms with Gasteiger partial charge < -0.3 is 15.7 Å². The molecule has 0 saturated heterocycles. The molecule has 0 atom stereocenters. The number of carboxylic acids is 1. The quantitative estimate of drug-likeness (QED) is 0.646. The second-order valence-electron chi connectivity index (χ2n) is 2.04. The number of aromatic carboxylic acids is 1. The molecule has 0 aromatic carbocycles. The lowest BCUT2D eigenvalue weighted by Crippen LogP contribution is -2.15. The highest BCUT2D eigenvalue weighted by Crippen LogP contribution is 2.08. The fourth-order valence-electron chi connectivity index (χ4n) is 0.731. The fraction of sp³-hybridized carbons (Fsp3) is 0.333. The van der Waals surface area contributed by atoms with Crippen LogP contribution < -0.4 is 10.6 Å². The smallest absolute Gasteiger partial charge is 0.341 e. The first-order chi connectivity index (χ1) is 5.66. The van der Waals surface area contributed by atoms with Crippen molar-refractivity contribution >= 4 is 11.8 Å². The van der Waals surface area contributed by atoms with Gasteiger partial charge in [-0.05, 0) is 6.92 Å². The predicted molar refractivity (Wildman–Crippen MR) is 40.7 cm³/mol. The topological polar surface area (TPSA) is 90.4 Å². The average molecular weight is 171 g/mol. The molecule has 0 spiro atoms. The van der Waals surface area contributed by atoms with Gasteiger partial charge in [-0.1, -0.05) is 4.85 Å². The molecule has 3 N–H and O–H groups in total. The van der Waals surface area contributed by atoms with Gasteiger partial charge >= 0.3 is 5.97 Å². The third-order valence-electron chi connectivity index (χ3n) is 1.26. The number of hydrogen-bond acceptors (Lipinski definition) is 4. The first-order valence-electron chi connectivity index (χ1n) is 3.37. The summed E-state index contributed by atoms with van der Waals surface area (Å²) < 4.78 is 0. The SMILES string of the molecule is CCOn1ncc(C(=O)O)c1N. The van der Waals surface area contributed by atoms with E-state index in [1.165, 1.54) is 0 Å². The van der Waals surface area contributed by atoms with Gasteiger partial charge in [0, 0.05) is 0 Å². The Bertz CT molecular complexity index is 294. The minimum Gasteiger partial charge on any atom is -0.477 e. The maximum absolute atomic E-state index is 10.5. The van der Waals surface area contributed by atoms with E-state index in [0.29, 0.717) is 6.61 Å². The van der Waals surface area contributed by atoms with Gasteiger partial charge in [0.1, 0.15) is 12.2 Å². The van der Waals surface area contributed by atoms with E-state index in [4.69, 9.17) is 15.7 Å². The lowest BCUT2D eigenvalue weighted by atomic mass is 10.3. The predicted octanol–water partition coefficient (Wildman–Crippen LogP) is -0.388. The zero-order chi connectivity index (χ0) is 9.14. The summed E-state index contributed by atoms with van der Waals surface area (Å²) in [6, 6.07) is 0. The van der Waals surface area contributed by atoms with Crippen LogP contribution >= 0.6 is 0 Å². The van der Waals surface area contributed by atoms with Crippen LogP contribution in [0.1, 0.15) is 17.3 Å². The minimum atomic E-state index is -1.11. The van der Waals surface area contributed by atoms with Crippen molar-refractivity contribution in [3.63, 3.8) is 0 Å². The van der Waals surface area contributed by atoms with Gasteiger partial charge in [-0.25, -0.2) is 4.79 Å². The molecular weight excluding hydrogens is 162 g/mol. The van der Waals surface area contributed by atoms with E-state index in [9.17, 15) is 4.79 Å². The number of hydrogen-bond donors (Lipinski definition) is 2. The standard InChI is InChI=1S/C6H9N3O3/c1-2-12-9-5(7)4(3-8-9)6(10)11/h3H,2,7H2,1H3,(H,10,11). The van der Waals surface area contributed by atoms with Crippen molar-refractivity contribution in [3.05, 3.63) is 11.8 Å². The second-order valence-corrected chi connectivity index (χ2v) is 2.04. The van der Waals surface area contributed by atoms with Gasteiger partial charge in [-0.15, -0.1) is 5.10 Å². The fourth-order valence-corrected chi connectivity index (χ4v) is 0.731. The third kappa shape index (κ3) is 1.31. The summed E-state index contributed by atoms with van der Waals surface area (Å²) in [6.07, 6.45) is 1.15. The molecule has 0 aliphatic carbocycles. The molecule has 6 nitrogen and oxygen atoms in total. The van der Waals surface area contributed by atoms with Crippen molar-refractivity contribution in [1.29, 1.82) is 0 Å². The summed E-state index contributed by atoms with van der Waals surface area (Å²) in [5, 5.41) is 12.2. The Hall–Kier alpha value is -1.72. The molecule has 12 heavy (non-hydrogen) atoms. The Morgan fingerprint density at radius 2 is 2.58 bits per heavy atom. The van der Waals surface area contributed by atoms with Crippen molar-refractivity contribution in [3.8, 4) is 0 Å². The molecule has 0 amide bonds. The highest BCUT2D eigenvalue weighted by molar-refractivity contribution is 5.92. The number of anilines is 1. The van der Waals surface area contributed by atoms with Crippen LogP contribution in [0.3, 0.4) is 0 Å². The van der Waals surface area contributed by atoms with Crippen molar-refractivity contribution in [1.82, 2.24) is 9.94 Å². The second kappa shape index (κ2) is 3.12. The summed E-state index contributed by atoms with van der Waals surface area (Å²) in [7, 11) is 0. The van der Waals surface area contributed by atoms with Gasteiger partial charge in [-0.2, -0.15) is 0 Å². The zero-order valence-electron chi connectivity index (χ0n) is 6.52. The maximum atomic E-state index is 10.5. The number of aromatic nitrogens is 2. The van der Waals surface area contributed by atoms with Crippen LogP contribution in [-0.2, 0) is 0 Å². The van der Waals surface area contributed by atoms with Crippen molar-refractivity contribution in [2.24, 2.45) is 0 Å². The molecule has 1 aromatic heterocycles. The largest absolute Gasteiger partial charge is 0.477 e. The number of carboxylic acid groups (broad SMARTS) is 1. The van der Waals surface area contributed by atoms with Gasteiger partial charge in [0.15, 0.2) is 5.82 Å². The first kappa shape index (κ1) is 8.38. The molecule has 0 unspecified atom stereocenters. The van der Waals surface area contributed by atoms with Crippen LogP contribution in [0, 0.1) is 0 Å². The molecule has 0 saturated carbocycles. The minimum absolute atomic E-state index is 0.00403. The van der Waals surface area contributed by atoms with Crippen LogP contribution in [0.2, 0.25) is 0 Å². The Morgan fingerprint density at radius 1 is 1.92 bits per heavy atom. The Balaban J connectivity index is 2.96. The molecular formula is C6H9N3O3. The molecule has 66 valence electrons. The van der Waals surface area contributed by atoms with Crippen LogP contribution in [0.4, 0.5) is 5.82 Å². The molecule has 1 rings (SSSR count). The van der Waals surface area contributed by atoms with Gasteiger partial charge in [0.2, 0.25) is 0 Å². The van der Waals surface area contributed by atoms with E-state index in [2.05, 4.69) is 5.10 Å². The summed E-state index contributed by atoms with van der Waals surface area (Å²) in [4.78, 5) is 16.3. The van der Waals surface area contributed by atoms with E-state index < -0.39 is 5.97 Å². The number of carbonyl (C=O) groups is 1. The van der Waals surface area contributed by atoms with E-state index in [1.807, 2.05) is 0 Å². The first-order valence-corrected chi connectivity index (χ1v) is 3.37. The Morgan fingerprint density at radius 3 is 3.00 bits per heavy atom. The Labute approximate surface area is 68.5 Å². The molecule has 0 aliphatic rings. The highest BCUT2D eigenvalue weighted by atomic mass is 16.7. The van der Waals surface area contributed by atoms with Crippen molar-refractivity contribution in [2.45, 2.75) is 6.92 Å². The van der Waals surface area contributed by atoms with Crippen LogP contribution in [-0.4, -0.2) is 27.6 Å². The maximum Gasteiger partial charge on any atom is 0.341 e.